The Morgan fingerprint density at radius 1 is 1.03 bits per heavy atom. The summed E-state index contributed by atoms with van der Waals surface area (Å²) in [5.74, 6) is 1.50. The van der Waals surface area contributed by atoms with E-state index in [1.807, 2.05) is 25.1 Å². The molecular weight excluding hydrogens is 398 g/mol. The van der Waals surface area contributed by atoms with Gasteiger partial charge in [0.1, 0.15) is 5.82 Å². The highest BCUT2D eigenvalue weighted by atomic mass is 16.6. The molecule has 0 spiro atoms. The number of ether oxygens (including phenoxy) is 1. The summed E-state index contributed by atoms with van der Waals surface area (Å²) in [7, 11) is 0. The van der Waals surface area contributed by atoms with Crippen molar-refractivity contribution >= 4 is 22.4 Å². The summed E-state index contributed by atoms with van der Waals surface area (Å²) in [4.78, 5) is 22.1. The average Bonchev–Trinajstić information content (AvgIpc) is 3.29. The molecule has 1 aliphatic rings. The summed E-state index contributed by atoms with van der Waals surface area (Å²) in [6, 6.07) is 14.2. The number of hydrogen-bond acceptors (Lipinski definition) is 8. The van der Waals surface area contributed by atoms with Crippen molar-refractivity contribution in [3.05, 3.63) is 64.2 Å². The summed E-state index contributed by atoms with van der Waals surface area (Å²) < 4.78 is 11.0. The van der Waals surface area contributed by atoms with Crippen molar-refractivity contribution < 1.29 is 14.2 Å². The second-order valence-corrected chi connectivity index (χ2v) is 7.38. The second-order valence-electron chi connectivity index (χ2n) is 7.38. The Hall–Kier alpha value is -3.85. The van der Waals surface area contributed by atoms with Crippen molar-refractivity contribution in [1.29, 1.82) is 0 Å². The molecule has 4 aromatic rings. The lowest BCUT2D eigenvalue weighted by molar-refractivity contribution is -0.384. The van der Waals surface area contributed by atoms with Crippen molar-refractivity contribution in [2.45, 2.75) is 6.92 Å². The smallest absolute Gasteiger partial charge is 0.269 e. The summed E-state index contributed by atoms with van der Waals surface area (Å²) in [6.45, 7) is 4.76. The molecule has 0 atom stereocenters. The maximum atomic E-state index is 10.9. The van der Waals surface area contributed by atoms with Gasteiger partial charge in [-0.1, -0.05) is 16.8 Å². The summed E-state index contributed by atoms with van der Waals surface area (Å²) in [6.07, 6.45) is 0. The zero-order valence-electron chi connectivity index (χ0n) is 16.8. The first-order valence-electron chi connectivity index (χ1n) is 9.91. The van der Waals surface area contributed by atoms with E-state index >= 15 is 0 Å². The van der Waals surface area contributed by atoms with Crippen LogP contribution < -0.4 is 4.90 Å². The van der Waals surface area contributed by atoms with Gasteiger partial charge < -0.3 is 14.2 Å². The number of rotatable bonds is 4. The van der Waals surface area contributed by atoms with Gasteiger partial charge in [0.05, 0.1) is 29.2 Å². The van der Waals surface area contributed by atoms with Crippen LogP contribution in [0.5, 0.6) is 0 Å². The number of benzene rings is 2. The van der Waals surface area contributed by atoms with Crippen LogP contribution in [0.1, 0.15) is 5.56 Å². The number of aryl methyl sites for hydroxylation is 1. The van der Waals surface area contributed by atoms with E-state index in [4.69, 9.17) is 14.2 Å². The molecule has 0 aliphatic carbocycles. The maximum absolute atomic E-state index is 10.9. The third-order valence-corrected chi connectivity index (χ3v) is 5.25. The fourth-order valence-corrected chi connectivity index (χ4v) is 3.64. The molecule has 5 rings (SSSR count). The van der Waals surface area contributed by atoms with Crippen LogP contribution >= 0.6 is 0 Å². The zero-order chi connectivity index (χ0) is 21.4. The monoisotopic (exact) mass is 417 g/mol. The fraction of sp³-hybridized carbons (Fsp3) is 0.227. The van der Waals surface area contributed by atoms with Crippen LogP contribution in [-0.2, 0) is 4.74 Å². The molecule has 31 heavy (non-hydrogen) atoms. The quantitative estimate of drug-likeness (QED) is 0.362. The number of hydrogen-bond donors (Lipinski definition) is 0. The van der Waals surface area contributed by atoms with E-state index in [1.165, 1.54) is 12.1 Å². The Labute approximate surface area is 177 Å². The Balaban J connectivity index is 1.59. The highest BCUT2D eigenvalue weighted by molar-refractivity contribution is 5.88. The number of nitro groups is 1. The zero-order valence-corrected chi connectivity index (χ0v) is 16.8. The molecule has 0 N–H and O–H groups in total. The van der Waals surface area contributed by atoms with Gasteiger partial charge in [0, 0.05) is 36.2 Å². The molecule has 2 aromatic heterocycles. The number of pyridine rings is 1. The number of nitrogens with zero attached hydrogens (tertiary/aromatic N) is 5. The van der Waals surface area contributed by atoms with E-state index < -0.39 is 4.92 Å². The molecule has 9 nitrogen and oxygen atoms in total. The number of nitro benzene ring substituents is 1. The molecule has 1 saturated heterocycles. The molecular formula is C22H19N5O4. The van der Waals surface area contributed by atoms with E-state index in [0.29, 0.717) is 30.5 Å². The minimum atomic E-state index is -0.444. The topological polar surface area (TPSA) is 107 Å². The van der Waals surface area contributed by atoms with Crippen molar-refractivity contribution in [2.75, 3.05) is 31.2 Å². The van der Waals surface area contributed by atoms with Gasteiger partial charge in [-0.05, 0) is 37.3 Å². The van der Waals surface area contributed by atoms with Crippen LogP contribution in [0.3, 0.4) is 0 Å². The summed E-state index contributed by atoms with van der Waals surface area (Å²) >= 11 is 0. The molecule has 9 heteroatoms. The van der Waals surface area contributed by atoms with Gasteiger partial charge in [-0.3, -0.25) is 10.1 Å². The predicted octanol–water partition coefficient (Wildman–Crippen LogP) is 4.01. The number of anilines is 1. The maximum Gasteiger partial charge on any atom is 0.269 e. The van der Waals surface area contributed by atoms with E-state index in [1.54, 1.807) is 12.1 Å². The van der Waals surface area contributed by atoms with Crippen LogP contribution in [0.4, 0.5) is 11.5 Å². The van der Waals surface area contributed by atoms with Gasteiger partial charge in [0.25, 0.3) is 11.6 Å². The first-order chi connectivity index (χ1) is 15.1. The number of non-ortho nitro benzene ring substituents is 1. The largest absolute Gasteiger partial charge is 0.378 e. The third-order valence-electron chi connectivity index (χ3n) is 5.25. The van der Waals surface area contributed by atoms with Gasteiger partial charge >= 0.3 is 0 Å². The van der Waals surface area contributed by atoms with Gasteiger partial charge in [-0.15, -0.1) is 0 Å². The normalized spacial score (nSPS) is 14.2. The first-order valence-corrected chi connectivity index (χ1v) is 9.91. The lowest BCUT2D eigenvalue weighted by Gasteiger charge is -2.29. The number of fused-ring (bicyclic) bond motifs is 1. The van der Waals surface area contributed by atoms with Gasteiger partial charge in [0.15, 0.2) is 0 Å². The van der Waals surface area contributed by atoms with Crippen LogP contribution in [0, 0.1) is 17.0 Å². The van der Waals surface area contributed by atoms with Crippen LogP contribution in [-0.4, -0.2) is 46.4 Å². The SMILES string of the molecule is Cc1ccc2nc(N3CCOCC3)c(-c3noc(-c4ccc([N+](=O)[O-])cc4)n3)cc2c1. The van der Waals surface area contributed by atoms with E-state index in [0.717, 1.165) is 40.9 Å². The van der Waals surface area contributed by atoms with E-state index in [2.05, 4.69) is 21.1 Å². The molecule has 1 aliphatic heterocycles. The molecule has 1 fully saturated rings. The van der Waals surface area contributed by atoms with Crippen molar-refractivity contribution in [1.82, 2.24) is 15.1 Å². The highest BCUT2D eigenvalue weighted by Gasteiger charge is 2.22. The highest BCUT2D eigenvalue weighted by Crippen LogP contribution is 2.33. The Morgan fingerprint density at radius 3 is 2.55 bits per heavy atom. The van der Waals surface area contributed by atoms with Gasteiger partial charge in [0.2, 0.25) is 5.82 Å². The van der Waals surface area contributed by atoms with E-state index in [9.17, 15) is 10.1 Å². The second kappa shape index (κ2) is 7.77. The first kappa shape index (κ1) is 19.1. The van der Waals surface area contributed by atoms with Crippen LogP contribution in [0.2, 0.25) is 0 Å². The van der Waals surface area contributed by atoms with Crippen molar-refractivity contribution in [3.8, 4) is 22.8 Å². The van der Waals surface area contributed by atoms with Crippen molar-refractivity contribution in [3.63, 3.8) is 0 Å². The van der Waals surface area contributed by atoms with Crippen molar-refractivity contribution in [2.24, 2.45) is 0 Å². The minimum Gasteiger partial charge on any atom is -0.378 e. The molecule has 3 heterocycles. The summed E-state index contributed by atoms with van der Waals surface area (Å²) in [5.41, 5.74) is 3.43. The Kier molecular flexibility index (Phi) is 4.79. The molecule has 0 unspecified atom stereocenters. The Bertz CT molecular complexity index is 1260. The minimum absolute atomic E-state index is 0.00666. The van der Waals surface area contributed by atoms with Gasteiger partial charge in [-0.2, -0.15) is 4.98 Å². The number of morpholine rings is 1. The predicted molar refractivity (Wildman–Crippen MR) is 115 cm³/mol. The molecule has 0 bridgehead atoms. The molecule has 0 amide bonds. The summed E-state index contributed by atoms with van der Waals surface area (Å²) in [5, 5.41) is 16.1. The van der Waals surface area contributed by atoms with Gasteiger partial charge in [-0.25, -0.2) is 4.98 Å². The van der Waals surface area contributed by atoms with Crippen LogP contribution in [0.25, 0.3) is 33.7 Å². The lowest BCUT2D eigenvalue weighted by Crippen LogP contribution is -2.37. The average molecular weight is 417 g/mol. The van der Waals surface area contributed by atoms with E-state index in [-0.39, 0.29) is 5.69 Å². The Morgan fingerprint density at radius 2 is 1.81 bits per heavy atom. The molecule has 156 valence electrons. The third kappa shape index (κ3) is 3.71. The number of aromatic nitrogens is 3. The molecule has 0 radical (unpaired) electrons. The lowest BCUT2D eigenvalue weighted by atomic mass is 10.1. The van der Waals surface area contributed by atoms with Crippen LogP contribution in [0.15, 0.2) is 53.1 Å². The fourth-order valence-electron chi connectivity index (χ4n) is 3.64. The molecule has 0 saturated carbocycles. The molecule has 2 aromatic carbocycles. The standard InChI is InChI=1S/C22H19N5O4/c1-14-2-7-19-16(12-14)13-18(21(23-19)26-8-10-30-11-9-26)20-24-22(31-25-20)15-3-5-17(6-4-15)27(28)29/h2-7,12-13H,8-11H2,1H3.